The number of benzene rings is 2. The zero-order valence-corrected chi connectivity index (χ0v) is 26.2. The number of alkyl halides is 5. The molecule has 0 radical (unpaired) electrons. The molecule has 1 amide bonds. The van der Waals surface area contributed by atoms with Crippen LogP contribution in [0.15, 0.2) is 18.2 Å². The summed E-state index contributed by atoms with van der Waals surface area (Å²) >= 11 is 0.710. The third-order valence-electron chi connectivity index (χ3n) is 8.35. The molecule has 2 aromatic carbocycles. The van der Waals surface area contributed by atoms with Crippen LogP contribution in [0, 0.1) is 23.5 Å². The first-order valence-electron chi connectivity index (χ1n) is 14.9. The average molecular weight is 696 g/mol. The fourth-order valence-corrected chi connectivity index (χ4v) is 6.92. The van der Waals surface area contributed by atoms with Gasteiger partial charge in [-0.2, -0.15) is 23.1 Å². The molecular weight excluding hydrogens is 667 g/mol. The molecule has 9 nitrogen and oxygen atoms in total. The minimum Gasteiger partial charge on any atom is -0.462 e. The van der Waals surface area contributed by atoms with Crippen molar-refractivity contribution in [1.29, 1.82) is 0 Å². The van der Waals surface area contributed by atoms with E-state index in [2.05, 4.69) is 26.8 Å². The number of halogens is 7. The predicted molar refractivity (Wildman–Crippen MR) is 166 cm³/mol. The number of likely N-dealkylation sites (tertiary alicyclic amines) is 1. The van der Waals surface area contributed by atoms with Crippen molar-refractivity contribution in [3.8, 4) is 29.0 Å². The highest BCUT2D eigenvalue weighted by Gasteiger charge is 2.39. The molecule has 17 heteroatoms. The van der Waals surface area contributed by atoms with Gasteiger partial charge in [0.2, 0.25) is 0 Å². The van der Waals surface area contributed by atoms with Crippen molar-refractivity contribution < 1.29 is 40.3 Å². The van der Waals surface area contributed by atoms with Gasteiger partial charge in [-0.25, -0.2) is 22.5 Å². The number of carbonyl (C=O) groups is 1. The van der Waals surface area contributed by atoms with Crippen molar-refractivity contribution in [1.82, 2.24) is 24.8 Å². The smallest absolute Gasteiger partial charge is 0.417 e. The number of nitrogens with two attached hydrogens (primary N) is 1. The van der Waals surface area contributed by atoms with E-state index in [1.54, 1.807) is 9.80 Å². The molecular formula is C31H28F7N7O2S. The Balaban J connectivity index is 1.49. The van der Waals surface area contributed by atoms with Crippen LogP contribution < -0.4 is 15.4 Å². The summed E-state index contributed by atoms with van der Waals surface area (Å²) in [5.41, 5.74) is 2.38. The molecule has 254 valence electrons. The number of amides is 1. The Labute approximate surface area is 273 Å². The summed E-state index contributed by atoms with van der Waals surface area (Å²) in [4.78, 5) is 29.5. The first-order valence-corrected chi connectivity index (χ1v) is 15.7. The molecule has 0 saturated carbocycles. The van der Waals surface area contributed by atoms with E-state index in [4.69, 9.17) is 10.5 Å². The first-order chi connectivity index (χ1) is 22.8. The highest BCUT2D eigenvalue weighted by atomic mass is 32.1. The van der Waals surface area contributed by atoms with Gasteiger partial charge in [0.15, 0.2) is 10.9 Å². The van der Waals surface area contributed by atoms with E-state index in [9.17, 15) is 31.1 Å². The number of piperazine rings is 1. The Morgan fingerprint density at radius 2 is 1.85 bits per heavy atom. The van der Waals surface area contributed by atoms with Crippen LogP contribution in [-0.2, 0) is 11.0 Å². The van der Waals surface area contributed by atoms with Gasteiger partial charge in [0.05, 0.1) is 22.3 Å². The van der Waals surface area contributed by atoms with Gasteiger partial charge in [-0.05, 0) is 50.4 Å². The maximum atomic E-state index is 16.7. The summed E-state index contributed by atoms with van der Waals surface area (Å²) in [7, 11) is 0. The van der Waals surface area contributed by atoms with Crippen molar-refractivity contribution in [2.75, 3.05) is 56.5 Å². The molecule has 2 aliphatic rings. The van der Waals surface area contributed by atoms with E-state index < -0.39 is 59.4 Å². The van der Waals surface area contributed by atoms with Gasteiger partial charge < -0.3 is 20.3 Å². The topological polar surface area (TPSA) is 101 Å². The monoisotopic (exact) mass is 695 g/mol. The molecule has 0 spiro atoms. The van der Waals surface area contributed by atoms with Crippen LogP contribution >= 0.6 is 11.3 Å². The van der Waals surface area contributed by atoms with Gasteiger partial charge in [-0.1, -0.05) is 17.3 Å². The third kappa shape index (κ3) is 6.50. The second-order valence-electron chi connectivity index (χ2n) is 11.3. The number of thiazole rings is 1. The van der Waals surface area contributed by atoms with Crippen LogP contribution in [0.1, 0.15) is 25.3 Å². The van der Waals surface area contributed by atoms with Gasteiger partial charge in [-0.3, -0.25) is 9.69 Å². The van der Waals surface area contributed by atoms with Crippen LogP contribution in [0.25, 0.3) is 32.2 Å². The lowest BCUT2D eigenvalue weighted by molar-refractivity contribution is -0.137. The van der Waals surface area contributed by atoms with E-state index in [0.29, 0.717) is 30.7 Å². The lowest BCUT2D eigenvalue weighted by Crippen LogP contribution is -2.48. The molecule has 2 fully saturated rings. The highest BCUT2D eigenvalue weighted by molar-refractivity contribution is 7.22. The van der Waals surface area contributed by atoms with Gasteiger partial charge in [-0.15, -0.1) is 0 Å². The van der Waals surface area contributed by atoms with Gasteiger partial charge in [0, 0.05) is 48.7 Å². The van der Waals surface area contributed by atoms with Crippen LogP contribution in [-0.4, -0.2) is 89.0 Å². The Kier molecular flexibility index (Phi) is 9.22. The second-order valence-corrected chi connectivity index (χ2v) is 12.3. The number of nitrogens with zero attached hydrogens (tertiary/aromatic N) is 6. The van der Waals surface area contributed by atoms with Gasteiger partial charge in [0.1, 0.15) is 23.8 Å². The number of carbonyl (C=O) groups excluding carboxylic acids is 1. The summed E-state index contributed by atoms with van der Waals surface area (Å²) in [6.07, 6.45) is -6.44. The standard InChI is InChI=1S/C31H28F7N7O2S/c1-2-4-22(46)43-9-11-44(12-10-43)28-18-13-19(31(36,37)38)23(17-6-7-20(32)27-26(17)40-29(39)48-27)24(35)25(18)41-30(42-28)47-15-16-5-3-8-45(16)14-21(33)34/h6-7,13,16,21H,3,5,8-12,14-15H2,1H3,(H2,39,40)/t16-/m0/s1. The van der Waals surface area contributed by atoms with Gasteiger partial charge in [0.25, 0.3) is 12.3 Å². The Hall–Kier alpha value is -4.43. The third-order valence-corrected chi connectivity index (χ3v) is 9.24. The fraction of sp³-hybridized carbons (Fsp3) is 0.419. The first kappa shape index (κ1) is 33.5. The Morgan fingerprint density at radius 1 is 1.10 bits per heavy atom. The minimum atomic E-state index is -5.08. The molecule has 4 heterocycles. The minimum absolute atomic E-state index is 0.0716. The number of rotatable bonds is 7. The number of anilines is 2. The molecule has 0 bridgehead atoms. The summed E-state index contributed by atoms with van der Waals surface area (Å²) in [5.74, 6) is 2.34. The van der Waals surface area contributed by atoms with E-state index in [-0.39, 0.29) is 70.9 Å². The lowest BCUT2D eigenvalue weighted by Gasteiger charge is -2.35. The quantitative estimate of drug-likeness (QED) is 0.198. The van der Waals surface area contributed by atoms with Crippen molar-refractivity contribution in [3.05, 3.63) is 35.4 Å². The SMILES string of the molecule is CC#CC(=O)N1CCN(c2nc(OC[C@@H]3CCCN3CC(F)F)nc3c(F)c(-c4ccc(F)c5sc(N)nc45)c(C(F)(F)F)cc23)CC1. The van der Waals surface area contributed by atoms with Crippen LogP contribution in [0.4, 0.5) is 41.7 Å². The molecule has 2 aromatic heterocycles. The average Bonchev–Trinajstić information content (AvgIpc) is 3.66. The molecule has 2 aliphatic heterocycles. The molecule has 48 heavy (non-hydrogen) atoms. The zero-order valence-electron chi connectivity index (χ0n) is 25.4. The van der Waals surface area contributed by atoms with E-state index >= 15 is 4.39 Å². The number of aromatic nitrogens is 3. The Morgan fingerprint density at radius 3 is 2.54 bits per heavy atom. The summed E-state index contributed by atoms with van der Waals surface area (Å²) in [6.45, 7) is 1.91. The number of fused-ring (bicyclic) bond motifs is 2. The van der Waals surface area contributed by atoms with Crippen LogP contribution in [0.3, 0.4) is 0 Å². The molecule has 1 atom stereocenters. The van der Waals surface area contributed by atoms with Gasteiger partial charge >= 0.3 is 12.2 Å². The van der Waals surface area contributed by atoms with Crippen LogP contribution in [0.5, 0.6) is 6.01 Å². The predicted octanol–water partition coefficient (Wildman–Crippen LogP) is 5.57. The van der Waals surface area contributed by atoms with Crippen molar-refractivity contribution >= 4 is 49.3 Å². The van der Waals surface area contributed by atoms with Crippen molar-refractivity contribution in [2.45, 2.75) is 38.4 Å². The summed E-state index contributed by atoms with van der Waals surface area (Å²) < 4.78 is 108. The zero-order chi connectivity index (χ0) is 34.3. The molecule has 6 rings (SSSR count). The fourth-order valence-electron chi connectivity index (χ4n) is 6.16. The number of ether oxygens (including phenoxy) is 1. The molecule has 2 saturated heterocycles. The lowest BCUT2D eigenvalue weighted by atomic mass is 9.95. The number of hydrogen-bond donors (Lipinski definition) is 1. The number of hydrogen-bond acceptors (Lipinski definition) is 9. The highest BCUT2D eigenvalue weighted by Crippen LogP contribution is 2.46. The molecule has 2 N–H and O–H groups in total. The molecule has 0 unspecified atom stereocenters. The number of nitrogen functional groups attached to an aromatic ring is 1. The maximum absolute atomic E-state index is 16.7. The normalized spacial score (nSPS) is 17.4. The van der Waals surface area contributed by atoms with E-state index in [1.807, 2.05) is 0 Å². The van der Waals surface area contributed by atoms with Crippen molar-refractivity contribution in [2.24, 2.45) is 0 Å². The van der Waals surface area contributed by atoms with Crippen LogP contribution in [0.2, 0.25) is 0 Å². The van der Waals surface area contributed by atoms with E-state index in [0.717, 1.165) is 18.2 Å². The Bertz CT molecular complexity index is 1930. The molecule has 4 aromatic rings. The maximum Gasteiger partial charge on any atom is 0.417 e. The summed E-state index contributed by atoms with van der Waals surface area (Å²) in [6, 6.07) is 1.87. The van der Waals surface area contributed by atoms with Crippen molar-refractivity contribution in [3.63, 3.8) is 0 Å². The van der Waals surface area contributed by atoms with E-state index in [1.165, 1.54) is 11.8 Å². The largest absolute Gasteiger partial charge is 0.462 e. The summed E-state index contributed by atoms with van der Waals surface area (Å²) in [5, 5.41) is -0.401. The second kappa shape index (κ2) is 13.2. The molecule has 0 aliphatic carbocycles.